The van der Waals surface area contributed by atoms with E-state index in [9.17, 15) is 5.11 Å². The van der Waals surface area contributed by atoms with Gasteiger partial charge in [-0.05, 0) is 39.4 Å². The third-order valence-electron chi connectivity index (χ3n) is 2.82. The molecule has 0 amide bonds. The lowest BCUT2D eigenvalue weighted by atomic mass is 9.83. The molecule has 103 valence electrons. The number of allylic oxidation sites excluding steroid dienone is 1. The maximum atomic E-state index is 9.93. The Labute approximate surface area is 110 Å². The zero-order valence-corrected chi connectivity index (χ0v) is 11.9. The van der Waals surface area contributed by atoms with Crippen LogP contribution >= 0.6 is 0 Å². The summed E-state index contributed by atoms with van der Waals surface area (Å²) in [6, 6.07) is 0. The largest absolute Gasteiger partial charge is 0.427 e. The Bertz CT molecular complexity index is 296. The van der Waals surface area contributed by atoms with Crippen LogP contribution in [0.15, 0.2) is 16.7 Å². The Morgan fingerprint density at radius 1 is 1.39 bits per heavy atom. The average Bonchev–Trinajstić information content (AvgIpc) is 2.26. The molecule has 5 nitrogen and oxygen atoms in total. The van der Waals surface area contributed by atoms with Gasteiger partial charge in [0.25, 0.3) is 0 Å². The fraction of sp³-hybridized carbons (Fsp3) is 0.750. The highest BCUT2D eigenvalue weighted by Gasteiger charge is 2.35. The summed E-state index contributed by atoms with van der Waals surface area (Å²) in [7, 11) is 3.12. The Balaban J connectivity index is 4.29. The van der Waals surface area contributed by atoms with Crippen molar-refractivity contribution in [3.8, 4) is 0 Å². The van der Waals surface area contributed by atoms with Gasteiger partial charge in [-0.3, -0.25) is 4.99 Å². The molecule has 0 unspecified atom stereocenters. The third kappa shape index (κ3) is 6.19. The van der Waals surface area contributed by atoms with Gasteiger partial charge in [-0.25, -0.2) is 0 Å². The second-order valence-corrected chi connectivity index (χ2v) is 5.00. The molecule has 0 atom stereocenters. The van der Waals surface area contributed by atoms with E-state index in [1.807, 2.05) is 0 Å². The molecule has 0 aliphatic rings. The molecule has 0 heterocycles. The minimum absolute atomic E-state index is 0.560. The molecular weight excluding hydrogens is 231 g/mol. The van der Waals surface area contributed by atoms with Crippen molar-refractivity contribution in [2.45, 2.75) is 38.9 Å². The first-order chi connectivity index (χ1) is 8.24. The number of hydrogen-bond donors (Lipinski definition) is 2. The number of nitrogens with two attached hydrogens (primary N) is 1. The van der Waals surface area contributed by atoms with Crippen LogP contribution in [0.1, 0.15) is 27.7 Å². The van der Waals surface area contributed by atoms with Crippen LogP contribution in [0, 0.1) is 0 Å². The van der Waals surface area contributed by atoms with Crippen molar-refractivity contribution in [3.05, 3.63) is 11.7 Å². The zero-order chi connectivity index (χ0) is 14.2. The molecule has 6 heteroatoms. The van der Waals surface area contributed by atoms with Gasteiger partial charge >= 0.3 is 7.48 Å². The van der Waals surface area contributed by atoms with E-state index >= 15 is 0 Å². The summed E-state index contributed by atoms with van der Waals surface area (Å²) in [5, 5.41) is 9.93. The zero-order valence-electron chi connectivity index (χ0n) is 11.9. The van der Waals surface area contributed by atoms with Gasteiger partial charge in [0.2, 0.25) is 0 Å². The van der Waals surface area contributed by atoms with Crippen LogP contribution in [-0.4, -0.2) is 50.3 Å². The summed E-state index contributed by atoms with van der Waals surface area (Å²) < 4.78 is 10.4. The number of hydrogen-bond acceptors (Lipinski definition) is 5. The van der Waals surface area contributed by atoms with E-state index in [0.29, 0.717) is 18.6 Å². The normalized spacial score (nSPS) is 14.2. The van der Waals surface area contributed by atoms with Crippen LogP contribution < -0.4 is 5.73 Å². The summed E-state index contributed by atoms with van der Waals surface area (Å²) in [4.78, 5) is 4.12. The second-order valence-electron chi connectivity index (χ2n) is 5.00. The number of nitrogens with zero attached hydrogens (tertiary/aromatic N) is 1. The van der Waals surface area contributed by atoms with Crippen molar-refractivity contribution in [3.63, 3.8) is 0 Å². The van der Waals surface area contributed by atoms with Gasteiger partial charge in [0.05, 0.1) is 24.4 Å². The minimum atomic E-state index is -0.962. The monoisotopic (exact) mass is 255 g/mol. The molecule has 0 saturated carbocycles. The Morgan fingerprint density at radius 3 is 2.44 bits per heavy atom. The fourth-order valence-electron chi connectivity index (χ4n) is 0.786. The smallest absolute Gasteiger partial charge is 0.333 e. The molecule has 0 fully saturated rings. The maximum absolute atomic E-state index is 9.93. The van der Waals surface area contributed by atoms with Crippen molar-refractivity contribution in [1.82, 2.24) is 0 Å². The molecular formula is C12H24BN2O3. The Kier molecular flexibility index (Phi) is 7.20. The number of aliphatic hydroxyl groups is 1. The first-order valence-electron chi connectivity index (χ1n) is 5.88. The highest BCUT2D eigenvalue weighted by Crippen LogP contribution is 2.24. The summed E-state index contributed by atoms with van der Waals surface area (Å²) >= 11 is 0. The van der Waals surface area contributed by atoms with Gasteiger partial charge in [-0.2, -0.15) is 0 Å². The third-order valence-corrected chi connectivity index (χ3v) is 2.82. The lowest BCUT2D eigenvalue weighted by Crippen LogP contribution is -2.48. The predicted octanol–water partition coefficient (Wildman–Crippen LogP) is 0.689. The summed E-state index contributed by atoms with van der Waals surface area (Å²) in [5.74, 6) is 0. The Hall–Kier alpha value is -0.845. The molecule has 0 saturated heterocycles. The summed E-state index contributed by atoms with van der Waals surface area (Å²) in [6.45, 7) is 8.12. The lowest BCUT2D eigenvalue weighted by molar-refractivity contribution is -0.0895. The number of rotatable bonds is 8. The fourth-order valence-corrected chi connectivity index (χ4v) is 0.786. The van der Waals surface area contributed by atoms with E-state index in [4.69, 9.17) is 15.1 Å². The summed E-state index contributed by atoms with van der Waals surface area (Å²) in [6.07, 6.45) is 3.01. The highest BCUT2D eigenvalue weighted by atomic mass is 16.5. The number of aliphatic imine (C=N–C) groups is 1. The molecule has 0 bridgehead atoms. The van der Waals surface area contributed by atoms with Crippen LogP contribution in [0.4, 0.5) is 0 Å². The van der Waals surface area contributed by atoms with Gasteiger partial charge in [-0.1, -0.05) is 0 Å². The average molecular weight is 255 g/mol. The van der Waals surface area contributed by atoms with Gasteiger partial charge in [0, 0.05) is 13.3 Å². The molecule has 1 radical (unpaired) electrons. The van der Waals surface area contributed by atoms with E-state index in [1.54, 1.807) is 41.0 Å². The Morgan fingerprint density at radius 2 is 2.00 bits per heavy atom. The quantitative estimate of drug-likeness (QED) is 0.380. The topological polar surface area (TPSA) is 77.1 Å². The van der Waals surface area contributed by atoms with E-state index < -0.39 is 11.2 Å². The molecule has 0 rings (SSSR count). The molecule has 3 N–H and O–H groups in total. The van der Waals surface area contributed by atoms with E-state index in [0.717, 1.165) is 0 Å². The van der Waals surface area contributed by atoms with Crippen molar-refractivity contribution >= 4 is 13.7 Å². The molecule has 0 aromatic rings. The van der Waals surface area contributed by atoms with E-state index in [2.05, 4.69) is 4.99 Å². The van der Waals surface area contributed by atoms with E-state index in [-0.39, 0.29) is 0 Å². The van der Waals surface area contributed by atoms with Crippen molar-refractivity contribution < 1.29 is 14.5 Å². The summed E-state index contributed by atoms with van der Waals surface area (Å²) in [5.41, 5.74) is 4.43. The SMILES string of the molecule is COCCN=CC([B]OC(C)(C)C(C)(C)O)=CN. The van der Waals surface area contributed by atoms with Gasteiger partial charge in [-0.15, -0.1) is 0 Å². The second kappa shape index (κ2) is 7.56. The molecule has 0 aromatic carbocycles. The molecule has 0 aromatic heterocycles. The first kappa shape index (κ1) is 17.2. The van der Waals surface area contributed by atoms with Crippen LogP contribution in [0.5, 0.6) is 0 Å². The predicted molar refractivity (Wildman–Crippen MR) is 74.7 cm³/mol. The van der Waals surface area contributed by atoms with Crippen molar-refractivity contribution in [2.75, 3.05) is 20.3 Å². The van der Waals surface area contributed by atoms with E-state index in [1.165, 1.54) is 13.7 Å². The molecule has 0 aliphatic carbocycles. The van der Waals surface area contributed by atoms with Gasteiger partial charge < -0.3 is 20.2 Å². The molecule has 0 spiro atoms. The minimum Gasteiger partial charge on any atom is -0.427 e. The van der Waals surface area contributed by atoms with Crippen molar-refractivity contribution in [2.24, 2.45) is 10.7 Å². The lowest BCUT2D eigenvalue weighted by Gasteiger charge is -2.37. The van der Waals surface area contributed by atoms with Crippen LogP contribution in [0.25, 0.3) is 0 Å². The van der Waals surface area contributed by atoms with Crippen LogP contribution in [0.2, 0.25) is 0 Å². The highest BCUT2D eigenvalue weighted by molar-refractivity contribution is 6.46. The van der Waals surface area contributed by atoms with Crippen LogP contribution in [0.3, 0.4) is 0 Å². The standard InChI is InChI=1S/C12H24BN2O3/c1-11(2,16)12(3,4)18-13-10(8-14)9-15-6-7-17-5/h8-9,16H,6-7,14H2,1-5H3. The van der Waals surface area contributed by atoms with Gasteiger partial charge in [0.15, 0.2) is 0 Å². The molecule has 0 aliphatic heterocycles. The molecule has 18 heavy (non-hydrogen) atoms. The van der Waals surface area contributed by atoms with Crippen LogP contribution in [-0.2, 0) is 9.39 Å². The first-order valence-corrected chi connectivity index (χ1v) is 5.88. The van der Waals surface area contributed by atoms with Gasteiger partial charge in [0.1, 0.15) is 0 Å². The number of ether oxygens (including phenoxy) is 1. The van der Waals surface area contributed by atoms with Crippen molar-refractivity contribution in [1.29, 1.82) is 0 Å². The maximum Gasteiger partial charge on any atom is 0.333 e. The number of methoxy groups -OCH3 is 1.